The van der Waals surface area contributed by atoms with E-state index in [-0.39, 0.29) is 0 Å². The van der Waals surface area contributed by atoms with Crippen LogP contribution >= 0.6 is 0 Å². The second-order valence-electron chi connectivity index (χ2n) is 4.99. The highest BCUT2D eigenvalue weighted by Crippen LogP contribution is 2.11. The van der Waals surface area contributed by atoms with E-state index in [1.807, 2.05) is 0 Å². The van der Waals surface area contributed by atoms with Crippen LogP contribution in [0.2, 0.25) is 0 Å². The SMILES string of the molecule is CCCCN1CCC(NC(C)COC)CC1. The summed E-state index contributed by atoms with van der Waals surface area (Å²) in [6.07, 6.45) is 5.23. The molecule has 16 heavy (non-hydrogen) atoms. The van der Waals surface area contributed by atoms with Gasteiger partial charge in [0, 0.05) is 19.2 Å². The quantitative estimate of drug-likeness (QED) is 0.720. The van der Waals surface area contributed by atoms with Gasteiger partial charge >= 0.3 is 0 Å². The fourth-order valence-electron chi connectivity index (χ4n) is 2.41. The smallest absolute Gasteiger partial charge is 0.0613 e. The fraction of sp³-hybridized carbons (Fsp3) is 1.00. The van der Waals surface area contributed by atoms with Gasteiger partial charge in [0.15, 0.2) is 0 Å². The molecular formula is C13H28N2O. The Hall–Kier alpha value is -0.120. The Bertz CT molecular complexity index is 167. The van der Waals surface area contributed by atoms with E-state index in [9.17, 15) is 0 Å². The Morgan fingerprint density at radius 3 is 2.62 bits per heavy atom. The van der Waals surface area contributed by atoms with E-state index in [2.05, 4.69) is 24.1 Å². The van der Waals surface area contributed by atoms with E-state index in [1.54, 1.807) is 7.11 Å². The molecule has 1 aliphatic heterocycles. The molecule has 1 fully saturated rings. The van der Waals surface area contributed by atoms with Crippen LogP contribution in [0.25, 0.3) is 0 Å². The third-order valence-corrected chi connectivity index (χ3v) is 3.35. The minimum Gasteiger partial charge on any atom is -0.383 e. The molecule has 0 aromatic rings. The van der Waals surface area contributed by atoms with E-state index < -0.39 is 0 Å². The van der Waals surface area contributed by atoms with Gasteiger partial charge in [0.25, 0.3) is 0 Å². The summed E-state index contributed by atoms with van der Waals surface area (Å²) in [6.45, 7) is 9.09. The normalized spacial score (nSPS) is 21.2. The molecule has 0 spiro atoms. The predicted octanol–water partition coefficient (Wildman–Crippen LogP) is 1.88. The van der Waals surface area contributed by atoms with Crippen molar-refractivity contribution in [1.29, 1.82) is 0 Å². The maximum absolute atomic E-state index is 5.15. The van der Waals surface area contributed by atoms with Crippen LogP contribution in [0.1, 0.15) is 39.5 Å². The second kappa shape index (κ2) is 8.04. The number of ether oxygens (including phenoxy) is 1. The number of rotatable bonds is 7. The zero-order valence-corrected chi connectivity index (χ0v) is 11.2. The Balaban J connectivity index is 2.11. The number of hydrogen-bond donors (Lipinski definition) is 1. The van der Waals surface area contributed by atoms with E-state index in [0.717, 1.165) is 6.61 Å². The van der Waals surface area contributed by atoms with Crippen molar-refractivity contribution in [3.8, 4) is 0 Å². The van der Waals surface area contributed by atoms with Crippen LogP contribution in [0.3, 0.4) is 0 Å². The molecule has 1 atom stereocenters. The molecule has 1 heterocycles. The molecule has 0 bridgehead atoms. The molecule has 0 radical (unpaired) electrons. The summed E-state index contributed by atoms with van der Waals surface area (Å²) in [5.74, 6) is 0. The number of piperidine rings is 1. The number of nitrogens with zero attached hydrogens (tertiary/aromatic N) is 1. The molecule has 1 aliphatic rings. The Labute approximate surface area is 101 Å². The molecule has 3 nitrogen and oxygen atoms in total. The number of unbranched alkanes of at least 4 members (excludes halogenated alkanes) is 1. The van der Waals surface area contributed by atoms with Crippen LogP contribution in [-0.2, 0) is 4.74 Å². The molecule has 3 heteroatoms. The average Bonchev–Trinajstić information content (AvgIpc) is 2.28. The van der Waals surface area contributed by atoms with Crippen molar-refractivity contribution in [2.45, 2.75) is 51.6 Å². The number of hydrogen-bond acceptors (Lipinski definition) is 3. The van der Waals surface area contributed by atoms with E-state index >= 15 is 0 Å². The Morgan fingerprint density at radius 1 is 1.38 bits per heavy atom. The van der Waals surface area contributed by atoms with Crippen LogP contribution in [0.4, 0.5) is 0 Å². The molecule has 1 rings (SSSR count). The Morgan fingerprint density at radius 2 is 2.06 bits per heavy atom. The lowest BCUT2D eigenvalue weighted by Crippen LogP contribution is -2.46. The summed E-state index contributed by atoms with van der Waals surface area (Å²) in [6, 6.07) is 1.18. The van der Waals surface area contributed by atoms with E-state index in [1.165, 1.54) is 45.3 Å². The highest BCUT2D eigenvalue weighted by molar-refractivity contribution is 4.79. The van der Waals surface area contributed by atoms with Crippen molar-refractivity contribution in [2.24, 2.45) is 0 Å². The van der Waals surface area contributed by atoms with Gasteiger partial charge in [0.1, 0.15) is 0 Å². The molecule has 96 valence electrons. The molecule has 1 unspecified atom stereocenters. The molecule has 0 saturated carbocycles. The third kappa shape index (κ3) is 5.28. The summed E-state index contributed by atoms with van der Waals surface area (Å²) in [7, 11) is 1.77. The van der Waals surface area contributed by atoms with Gasteiger partial charge in [-0.1, -0.05) is 13.3 Å². The van der Waals surface area contributed by atoms with Gasteiger partial charge in [0.05, 0.1) is 6.61 Å². The third-order valence-electron chi connectivity index (χ3n) is 3.35. The minimum atomic E-state index is 0.484. The van der Waals surface area contributed by atoms with Crippen LogP contribution in [-0.4, -0.2) is 50.3 Å². The van der Waals surface area contributed by atoms with Crippen molar-refractivity contribution in [3.05, 3.63) is 0 Å². The summed E-state index contributed by atoms with van der Waals surface area (Å²) in [5.41, 5.74) is 0. The van der Waals surface area contributed by atoms with Crippen molar-refractivity contribution >= 4 is 0 Å². The average molecular weight is 228 g/mol. The molecule has 0 aromatic heterocycles. The monoisotopic (exact) mass is 228 g/mol. The van der Waals surface area contributed by atoms with Crippen molar-refractivity contribution in [3.63, 3.8) is 0 Å². The van der Waals surface area contributed by atoms with Gasteiger partial charge in [-0.25, -0.2) is 0 Å². The van der Waals surface area contributed by atoms with Gasteiger partial charge in [0.2, 0.25) is 0 Å². The zero-order valence-electron chi connectivity index (χ0n) is 11.2. The fourth-order valence-corrected chi connectivity index (χ4v) is 2.41. The Kier molecular flexibility index (Phi) is 7.01. The maximum atomic E-state index is 5.15. The van der Waals surface area contributed by atoms with Crippen LogP contribution in [0.15, 0.2) is 0 Å². The molecule has 0 aliphatic carbocycles. The van der Waals surface area contributed by atoms with Crippen LogP contribution in [0, 0.1) is 0 Å². The van der Waals surface area contributed by atoms with Gasteiger partial charge in [-0.05, 0) is 45.8 Å². The first-order chi connectivity index (χ1) is 7.76. The zero-order chi connectivity index (χ0) is 11.8. The van der Waals surface area contributed by atoms with Gasteiger partial charge in [-0.2, -0.15) is 0 Å². The molecule has 0 aromatic carbocycles. The van der Waals surface area contributed by atoms with Gasteiger partial charge in [-0.15, -0.1) is 0 Å². The predicted molar refractivity (Wildman–Crippen MR) is 68.8 cm³/mol. The minimum absolute atomic E-state index is 0.484. The van der Waals surface area contributed by atoms with E-state index in [0.29, 0.717) is 12.1 Å². The summed E-state index contributed by atoms with van der Waals surface area (Å²) in [5, 5.41) is 3.64. The first-order valence-electron chi connectivity index (χ1n) is 6.73. The van der Waals surface area contributed by atoms with Crippen LogP contribution in [0.5, 0.6) is 0 Å². The molecular weight excluding hydrogens is 200 g/mol. The molecule has 1 saturated heterocycles. The number of nitrogens with one attached hydrogen (secondary N) is 1. The largest absolute Gasteiger partial charge is 0.383 e. The summed E-state index contributed by atoms with van der Waals surface area (Å²) < 4.78 is 5.15. The lowest BCUT2D eigenvalue weighted by molar-refractivity contribution is 0.146. The molecule has 1 N–H and O–H groups in total. The first-order valence-corrected chi connectivity index (χ1v) is 6.73. The van der Waals surface area contributed by atoms with E-state index in [4.69, 9.17) is 4.74 Å². The highest BCUT2D eigenvalue weighted by Gasteiger charge is 2.19. The van der Waals surface area contributed by atoms with Crippen molar-refractivity contribution < 1.29 is 4.74 Å². The summed E-state index contributed by atoms with van der Waals surface area (Å²) in [4.78, 5) is 2.60. The first kappa shape index (κ1) is 13.9. The van der Waals surface area contributed by atoms with Gasteiger partial charge in [-0.3, -0.25) is 0 Å². The van der Waals surface area contributed by atoms with Crippen molar-refractivity contribution in [1.82, 2.24) is 10.2 Å². The lowest BCUT2D eigenvalue weighted by atomic mass is 10.0. The van der Waals surface area contributed by atoms with Crippen LogP contribution < -0.4 is 5.32 Å². The standard InChI is InChI=1S/C13H28N2O/c1-4-5-8-15-9-6-13(7-10-15)14-12(2)11-16-3/h12-14H,4-11H2,1-3H3. The van der Waals surface area contributed by atoms with Gasteiger partial charge < -0.3 is 15.0 Å². The number of methoxy groups -OCH3 is 1. The second-order valence-corrected chi connectivity index (χ2v) is 4.99. The summed E-state index contributed by atoms with van der Waals surface area (Å²) >= 11 is 0. The maximum Gasteiger partial charge on any atom is 0.0613 e. The lowest BCUT2D eigenvalue weighted by Gasteiger charge is -2.33. The number of likely N-dealkylation sites (tertiary alicyclic amines) is 1. The highest BCUT2D eigenvalue weighted by atomic mass is 16.5. The topological polar surface area (TPSA) is 24.5 Å². The molecule has 0 amide bonds. The van der Waals surface area contributed by atoms with Crippen molar-refractivity contribution in [2.75, 3.05) is 33.4 Å².